The van der Waals surface area contributed by atoms with Crippen molar-refractivity contribution in [3.05, 3.63) is 28.2 Å². The van der Waals surface area contributed by atoms with Gasteiger partial charge in [-0.25, -0.2) is 0 Å². The molecule has 1 aliphatic rings. The molecule has 1 aromatic carbocycles. The summed E-state index contributed by atoms with van der Waals surface area (Å²) in [5.74, 6) is 2.13. The molecule has 92 valence electrons. The molecule has 2 rings (SSSR count). The van der Waals surface area contributed by atoms with Crippen molar-refractivity contribution in [2.24, 2.45) is 0 Å². The van der Waals surface area contributed by atoms with Gasteiger partial charge in [-0.3, -0.25) is 4.79 Å². The van der Waals surface area contributed by atoms with E-state index >= 15 is 0 Å². The third-order valence-corrected chi connectivity index (χ3v) is 4.75. The number of halogens is 1. The predicted octanol–water partition coefficient (Wildman–Crippen LogP) is 2.61. The molecular formula is C12H15BrN2OS. The van der Waals surface area contributed by atoms with Gasteiger partial charge in [0, 0.05) is 39.8 Å². The summed E-state index contributed by atoms with van der Waals surface area (Å²) in [6, 6.07) is 5.65. The maximum Gasteiger partial charge on any atom is 0.254 e. The number of anilines is 1. The number of amides is 1. The van der Waals surface area contributed by atoms with Crippen molar-refractivity contribution >= 4 is 39.3 Å². The molecule has 5 heteroatoms. The Bertz CT molecular complexity index is 439. The summed E-state index contributed by atoms with van der Waals surface area (Å²) in [7, 11) is 0. The Morgan fingerprint density at radius 1 is 1.59 bits per heavy atom. The summed E-state index contributed by atoms with van der Waals surface area (Å²) in [4.78, 5) is 14.3. The lowest BCUT2D eigenvalue weighted by atomic mass is 10.1. The second-order valence-electron chi connectivity index (χ2n) is 4.16. The summed E-state index contributed by atoms with van der Waals surface area (Å²) < 4.78 is 0.780. The summed E-state index contributed by atoms with van der Waals surface area (Å²) in [5, 5.41) is 0. The molecule has 0 bridgehead atoms. The zero-order valence-corrected chi connectivity index (χ0v) is 12.1. The van der Waals surface area contributed by atoms with Crippen LogP contribution in [-0.2, 0) is 0 Å². The van der Waals surface area contributed by atoms with E-state index in [4.69, 9.17) is 5.73 Å². The molecule has 1 saturated heterocycles. The third kappa shape index (κ3) is 2.77. The molecule has 1 fully saturated rings. The Hall–Kier alpha value is -0.680. The maximum absolute atomic E-state index is 12.3. The van der Waals surface area contributed by atoms with Gasteiger partial charge >= 0.3 is 0 Å². The molecule has 0 spiro atoms. The molecular weight excluding hydrogens is 300 g/mol. The Morgan fingerprint density at radius 3 is 3.00 bits per heavy atom. The van der Waals surface area contributed by atoms with Crippen LogP contribution in [0.2, 0.25) is 0 Å². The van der Waals surface area contributed by atoms with Gasteiger partial charge in [0.2, 0.25) is 0 Å². The molecule has 17 heavy (non-hydrogen) atoms. The van der Waals surface area contributed by atoms with Crippen LogP contribution in [0.1, 0.15) is 17.3 Å². The number of carbonyl (C=O) groups is 1. The molecule has 3 nitrogen and oxygen atoms in total. The van der Waals surface area contributed by atoms with E-state index in [2.05, 4.69) is 22.9 Å². The van der Waals surface area contributed by atoms with Crippen LogP contribution < -0.4 is 5.73 Å². The van der Waals surface area contributed by atoms with Crippen LogP contribution in [-0.4, -0.2) is 34.9 Å². The van der Waals surface area contributed by atoms with E-state index < -0.39 is 0 Å². The van der Waals surface area contributed by atoms with Crippen LogP contribution in [0.5, 0.6) is 0 Å². The largest absolute Gasteiger partial charge is 0.398 e. The van der Waals surface area contributed by atoms with Crippen molar-refractivity contribution in [3.63, 3.8) is 0 Å². The van der Waals surface area contributed by atoms with E-state index in [9.17, 15) is 4.79 Å². The van der Waals surface area contributed by atoms with Crippen molar-refractivity contribution in [3.8, 4) is 0 Å². The second-order valence-corrected chi connectivity index (χ2v) is 6.16. The van der Waals surface area contributed by atoms with Gasteiger partial charge in [0.25, 0.3) is 5.91 Å². The van der Waals surface area contributed by atoms with Gasteiger partial charge in [-0.05, 0) is 41.1 Å². The first kappa shape index (κ1) is 12.8. The number of carbonyl (C=O) groups excluding carboxylic acids is 1. The Labute approximate surface area is 114 Å². The monoisotopic (exact) mass is 314 g/mol. The van der Waals surface area contributed by atoms with Crippen molar-refractivity contribution in [1.82, 2.24) is 4.90 Å². The van der Waals surface area contributed by atoms with Crippen molar-refractivity contribution in [1.29, 1.82) is 0 Å². The fourth-order valence-electron chi connectivity index (χ4n) is 1.85. The summed E-state index contributed by atoms with van der Waals surface area (Å²) >= 11 is 5.26. The Kier molecular flexibility index (Phi) is 3.99. The minimum atomic E-state index is 0.0958. The number of hydrogen-bond acceptors (Lipinski definition) is 3. The second kappa shape index (κ2) is 5.31. The Balaban J connectivity index is 2.21. The number of nitrogens with two attached hydrogens (primary N) is 1. The topological polar surface area (TPSA) is 46.3 Å². The van der Waals surface area contributed by atoms with Gasteiger partial charge < -0.3 is 10.6 Å². The molecule has 0 radical (unpaired) electrons. The molecule has 0 aromatic heterocycles. The zero-order valence-electron chi connectivity index (χ0n) is 9.65. The number of nitrogens with zero attached hydrogens (tertiary/aromatic N) is 1. The average molecular weight is 315 g/mol. The molecule has 1 amide bonds. The first-order valence-electron chi connectivity index (χ1n) is 5.53. The van der Waals surface area contributed by atoms with Gasteiger partial charge in [0.05, 0.1) is 0 Å². The van der Waals surface area contributed by atoms with E-state index in [0.29, 0.717) is 17.3 Å². The fraction of sp³-hybridized carbons (Fsp3) is 0.417. The van der Waals surface area contributed by atoms with Crippen molar-refractivity contribution in [2.45, 2.75) is 13.0 Å². The number of benzene rings is 1. The van der Waals surface area contributed by atoms with Crippen molar-refractivity contribution in [2.75, 3.05) is 23.8 Å². The minimum absolute atomic E-state index is 0.0958. The minimum Gasteiger partial charge on any atom is -0.398 e. The van der Waals surface area contributed by atoms with Crippen LogP contribution in [0.4, 0.5) is 5.69 Å². The molecule has 0 aliphatic carbocycles. The van der Waals surface area contributed by atoms with Crippen LogP contribution in [0.3, 0.4) is 0 Å². The summed E-state index contributed by atoms with van der Waals surface area (Å²) in [5.41, 5.74) is 7.07. The fourth-order valence-corrected chi connectivity index (χ4v) is 3.25. The lowest BCUT2D eigenvalue weighted by molar-refractivity contribution is 0.0716. The normalized spacial score (nSPS) is 20.4. The first-order chi connectivity index (χ1) is 8.09. The number of rotatable bonds is 1. The van der Waals surface area contributed by atoms with Gasteiger partial charge in [-0.2, -0.15) is 11.8 Å². The van der Waals surface area contributed by atoms with Gasteiger partial charge in [0.1, 0.15) is 0 Å². The molecule has 2 N–H and O–H groups in total. The number of nitrogen functional groups attached to an aromatic ring is 1. The molecule has 1 aromatic rings. The summed E-state index contributed by atoms with van der Waals surface area (Å²) in [6.45, 7) is 2.92. The SMILES string of the molecule is CC1CSCCN1C(=O)c1ccc(N)c(Br)c1. The highest BCUT2D eigenvalue weighted by molar-refractivity contribution is 9.10. The first-order valence-corrected chi connectivity index (χ1v) is 7.48. The zero-order chi connectivity index (χ0) is 12.4. The number of thioether (sulfide) groups is 1. The van der Waals surface area contributed by atoms with Gasteiger partial charge in [-0.1, -0.05) is 0 Å². The highest BCUT2D eigenvalue weighted by atomic mass is 79.9. The van der Waals surface area contributed by atoms with E-state index in [1.165, 1.54) is 0 Å². The molecule has 1 heterocycles. The summed E-state index contributed by atoms with van der Waals surface area (Å²) in [6.07, 6.45) is 0. The smallest absolute Gasteiger partial charge is 0.254 e. The molecule has 1 unspecified atom stereocenters. The molecule has 1 aliphatic heterocycles. The molecule has 0 saturated carbocycles. The predicted molar refractivity (Wildman–Crippen MR) is 76.4 cm³/mol. The average Bonchev–Trinajstić information content (AvgIpc) is 2.32. The highest BCUT2D eigenvalue weighted by Gasteiger charge is 2.24. The van der Waals surface area contributed by atoms with E-state index in [1.54, 1.807) is 18.2 Å². The standard InChI is InChI=1S/C12H15BrN2OS/c1-8-7-17-5-4-15(8)12(16)9-2-3-11(14)10(13)6-9/h2-3,6,8H,4-5,7,14H2,1H3. The number of hydrogen-bond donors (Lipinski definition) is 1. The van der Waals surface area contributed by atoms with E-state index in [0.717, 1.165) is 22.5 Å². The van der Waals surface area contributed by atoms with Crippen LogP contribution in [0, 0.1) is 0 Å². The van der Waals surface area contributed by atoms with Crippen LogP contribution >= 0.6 is 27.7 Å². The Morgan fingerprint density at radius 2 is 2.35 bits per heavy atom. The highest BCUT2D eigenvalue weighted by Crippen LogP contribution is 2.23. The van der Waals surface area contributed by atoms with E-state index in [1.807, 2.05) is 16.7 Å². The van der Waals surface area contributed by atoms with Crippen LogP contribution in [0.15, 0.2) is 22.7 Å². The lowest BCUT2D eigenvalue weighted by Crippen LogP contribution is -2.44. The van der Waals surface area contributed by atoms with Gasteiger partial charge in [0.15, 0.2) is 0 Å². The van der Waals surface area contributed by atoms with Crippen LogP contribution in [0.25, 0.3) is 0 Å². The molecule has 1 atom stereocenters. The lowest BCUT2D eigenvalue weighted by Gasteiger charge is -2.33. The van der Waals surface area contributed by atoms with E-state index in [-0.39, 0.29) is 5.91 Å². The van der Waals surface area contributed by atoms with Gasteiger partial charge in [-0.15, -0.1) is 0 Å². The quantitative estimate of drug-likeness (QED) is 0.810. The van der Waals surface area contributed by atoms with Crippen molar-refractivity contribution < 1.29 is 4.79 Å². The maximum atomic E-state index is 12.3. The third-order valence-electron chi connectivity index (χ3n) is 2.88.